The van der Waals surface area contributed by atoms with Crippen molar-refractivity contribution in [1.82, 2.24) is 10.3 Å². The highest BCUT2D eigenvalue weighted by Crippen LogP contribution is 2.29. The first-order valence-corrected chi connectivity index (χ1v) is 7.80. The van der Waals surface area contributed by atoms with Gasteiger partial charge in [-0.05, 0) is 34.8 Å². The predicted octanol–water partition coefficient (Wildman–Crippen LogP) is 2.45. The van der Waals surface area contributed by atoms with Gasteiger partial charge in [0.2, 0.25) is 0 Å². The van der Waals surface area contributed by atoms with Crippen LogP contribution in [0.5, 0.6) is 0 Å². The Hall–Kier alpha value is -0.360. The molecule has 6 heteroatoms. The first-order valence-electron chi connectivity index (χ1n) is 6.63. The van der Waals surface area contributed by atoms with Crippen LogP contribution < -0.4 is 10.2 Å². The lowest BCUT2D eigenvalue weighted by Crippen LogP contribution is -2.51. The number of morpholine rings is 1. The second kappa shape index (κ2) is 5.95. The van der Waals surface area contributed by atoms with Crippen molar-refractivity contribution in [2.45, 2.75) is 24.9 Å². The Morgan fingerprint density at radius 1 is 1.53 bits per heavy atom. The first kappa shape index (κ1) is 13.6. The van der Waals surface area contributed by atoms with Gasteiger partial charge >= 0.3 is 0 Å². The molecule has 0 bridgehead atoms. The van der Waals surface area contributed by atoms with E-state index in [1.54, 1.807) is 6.20 Å². The van der Waals surface area contributed by atoms with Crippen molar-refractivity contribution < 1.29 is 4.74 Å². The standard InChI is InChI=1S/C13H17BrClN3O/c14-12-5-9(15)6-17-13(12)18-3-4-19-8-11(18)7-16-10-1-2-10/h5-6,10-11,16H,1-4,7-8H2. The zero-order valence-electron chi connectivity index (χ0n) is 10.6. The van der Waals surface area contributed by atoms with Crippen LogP contribution in [-0.4, -0.2) is 43.4 Å². The quantitative estimate of drug-likeness (QED) is 0.909. The minimum atomic E-state index is 0.333. The smallest absolute Gasteiger partial charge is 0.143 e. The molecule has 2 heterocycles. The van der Waals surface area contributed by atoms with Crippen LogP contribution in [0, 0.1) is 0 Å². The zero-order valence-corrected chi connectivity index (χ0v) is 13.0. The fourth-order valence-electron chi connectivity index (χ4n) is 2.31. The van der Waals surface area contributed by atoms with Crippen LogP contribution in [0.25, 0.3) is 0 Å². The molecule has 1 atom stereocenters. The molecule has 0 aromatic carbocycles. The van der Waals surface area contributed by atoms with Crippen molar-refractivity contribution in [3.8, 4) is 0 Å². The van der Waals surface area contributed by atoms with Gasteiger partial charge in [-0.2, -0.15) is 0 Å². The van der Waals surface area contributed by atoms with E-state index in [-0.39, 0.29) is 0 Å². The fraction of sp³-hybridized carbons (Fsp3) is 0.615. The molecule has 1 aromatic heterocycles. The highest BCUT2D eigenvalue weighted by Gasteiger charge is 2.28. The second-order valence-corrected chi connectivity index (χ2v) is 6.35. The maximum absolute atomic E-state index is 5.96. The van der Waals surface area contributed by atoms with Gasteiger partial charge in [-0.25, -0.2) is 4.98 Å². The van der Waals surface area contributed by atoms with Crippen molar-refractivity contribution in [3.63, 3.8) is 0 Å². The molecule has 1 unspecified atom stereocenters. The molecule has 0 radical (unpaired) electrons. The molecule has 0 amide bonds. The molecule has 1 aliphatic heterocycles. The van der Waals surface area contributed by atoms with Gasteiger partial charge in [0.25, 0.3) is 0 Å². The topological polar surface area (TPSA) is 37.4 Å². The summed E-state index contributed by atoms with van der Waals surface area (Å²) in [5.41, 5.74) is 0. The summed E-state index contributed by atoms with van der Waals surface area (Å²) < 4.78 is 6.54. The first-order chi connectivity index (χ1) is 9.24. The number of nitrogens with one attached hydrogen (secondary N) is 1. The molecule has 2 fully saturated rings. The molecule has 2 aliphatic rings. The van der Waals surface area contributed by atoms with E-state index in [1.165, 1.54) is 12.8 Å². The van der Waals surface area contributed by atoms with E-state index in [9.17, 15) is 0 Å². The number of nitrogens with zero attached hydrogens (tertiary/aromatic N) is 2. The van der Waals surface area contributed by atoms with E-state index in [1.807, 2.05) is 6.07 Å². The lowest BCUT2D eigenvalue weighted by atomic mass is 10.2. The summed E-state index contributed by atoms with van der Waals surface area (Å²) in [6.07, 6.45) is 4.30. The highest BCUT2D eigenvalue weighted by atomic mass is 79.9. The molecule has 104 valence electrons. The van der Waals surface area contributed by atoms with Crippen LogP contribution in [0.4, 0.5) is 5.82 Å². The molecular weight excluding hydrogens is 330 g/mol. The van der Waals surface area contributed by atoms with Gasteiger partial charge < -0.3 is 15.0 Å². The summed E-state index contributed by atoms with van der Waals surface area (Å²) in [7, 11) is 0. The minimum absolute atomic E-state index is 0.333. The monoisotopic (exact) mass is 345 g/mol. The van der Waals surface area contributed by atoms with Crippen LogP contribution in [-0.2, 0) is 4.74 Å². The predicted molar refractivity (Wildman–Crippen MR) is 79.9 cm³/mol. The fourth-order valence-corrected chi connectivity index (χ4v) is 3.18. The largest absolute Gasteiger partial charge is 0.377 e. The van der Waals surface area contributed by atoms with E-state index in [0.29, 0.717) is 17.1 Å². The van der Waals surface area contributed by atoms with Gasteiger partial charge in [0.1, 0.15) is 5.82 Å². The Morgan fingerprint density at radius 2 is 2.37 bits per heavy atom. The van der Waals surface area contributed by atoms with E-state index >= 15 is 0 Å². The molecule has 0 spiro atoms. The molecule has 1 aliphatic carbocycles. The molecule has 4 nitrogen and oxygen atoms in total. The Balaban J connectivity index is 1.74. The number of hydrogen-bond acceptors (Lipinski definition) is 4. The number of pyridine rings is 1. The van der Waals surface area contributed by atoms with Crippen LogP contribution in [0.15, 0.2) is 16.7 Å². The molecule has 1 aromatic rings. The van der Waals surface area contributed by atoms with Crippen molar-refractivity contribution in [1.29, 1.82) is 0 Å². The van der Waals surface area contributed by atoms with Crippen LogP contribution in [0.1, 0.15) is 12.8 Å². The average molecular weight is 347 g/mol. The molecule has 19 heavy (non-hydrogen) atoms. The maximum atomic E-state index is 5.96. The third kappa shape index (κ3) is 3.40. The van der Waals surface area contributed by atoms with Crippen molar-refractivity contribution in [2.24, 2.45) is 0 Å². The van der Waals surface area contributed by atoms with E-state index in [0.717, 1.165) is 36.6 Å². The van der Waals surface area contributed by atoms with Gasteiger partial charge in [0.05, 0.1) is 28.8 Å². The molecule has 1 saturated heterocycles. The van der Waals surface area contributed by atoms with Gasteiger partial charge in [-0.15, -0.1) is 0 Å². The highest BCUT2D eigenvalue weighted by molar-refractivity contribution is 9.10. The number of aromatic nitrogens is 1. The number of rotatable bonds is 4. The Morgan fingerprint density at radius 3 is 3.11 bits per heavy atom. The SMILES string of the molecule is Clc1cnc(N2CCOCC2CNC2CC2)c(Br)c1. The number of halogens is 2. The third-order valence-corrected chi connectivity index (χ3v) is 4.30. The maximum Gasteiger partial charge on any atom is 0.143 e. The molecule has 3 rings (SSSR count). The summed E-state index contributed by atoms with van der Waals surface area (Å²) in [4.78, 5) is 6.76. The van der Waals surface area contributed by atoms with Gasteiger partial charge in [0.15, 0.2) is 0 Å². The Kier molecular flexibility index (Phi) is 4.27. The normalized spacial score (nSPS) is 23.7. The summed E-state index contributed by atoms with van der Waals surface area (Å²) in [5, 5.41) is 4.22. The van der Waals surface area contributed by atoms with Crippen LogP contribution in [0.3, 0.4) is 0 Å². The van der Waals surface area contributed by atoms with Crippen LogP contribution >= 0.6 is 27.5 Å². The molecule has 1 N–H and O–H groups in total. The number of hydrogen-bond donors (Lipinski definition) is 1. The summed E-state index contributed by atoms with van der Waals surface area (Å²) in [6.45, 7) is 3.30. The minimum Gasteiger partial charge on any atom is -0.377 e. The third-order valence-electron chi connectivity index (χ3n) is 3.51. The van der Waals surface area contributed by atoms with E-state index in [4.69, 9.17) is 16.3 Å². The van der Waals surface area contributed by atoms with E-state index in [2.05, 4.69) is 31.1 Å². The number of ether oxygens (including phenoxy) is 1. The lowest BCUT2D eigenvalue weighted by Gasteiger charge is -2.37. The van der Waals surface area contributed by atoms with Gasteiger partial charge in [-0.1, -0.05) is 11.6 Å². The Labute approximate surface area is 126 Å². The van der Waals surface area contributed by atoms with Crippen molar-refractivity contribution in [3.05, 3.63) is 21.8 Å². The summed E-state index contributed by atoms with van der Waals surface area (Å²) in [5.74, 6) is 0.954. The van der Waals surface area contributed by atoms with Gasteiger partial charge in [0, 0.05) is 25.3 Å². The lowest BCUT2D eigenvalue weighted by molar-refractivity contribution is 0.0931. The van der Waals surface area contributed by atoms with Gasteiger partial charge in [-0.3, -0.25) is 0 Å². The summed E-state index contributed by atoms with van der Waals surface area (Å²) >= 11 is 9.51. The summed E-state index contributed by atoms with van der Waals surface area (Å²) in [6, 6.07) is 2.94. The Bertz CT molecular complexity index is 456. The van der Waals surface area contributed by atoms with E-state index < -0.39 is 0 Å². The second-order valence-electron chi connectivity index (χ2n) is 5.06. The van der Waals surface area contributed by atoms with Crippen LogP contribution in [0.2, 0.25) is 5.02 Å². The molecule has 1 saturated carbocycles. The zero-order chi connectivity index (χ0) is 13.2. The van der Waals surface area contributed by atoms with Crippen molar-refractivity contribution >= 4 is 33.3 Å². The number of anilines is 1. The van der Waals surface area contributed by atoms with Crippen molar-refractivity contribution in [2.75, 3.05) is 31.2 Å². The average Bonchev–Trinajstić information content (AvgIpc) is 3.21. The molecular formula is C13H17BrClN3O.